The zero-order chi connectivity index (χ0) is 13.0. The highest BCUT2D eigenvalue weighted by Crippen LogP contribution is 2.39. The minimum atomic E-state index is 0.0924. The van der Waals surface area contributed by atoms with Gasteiger partial charge in [-0.05, 0) is 30.9 Å². The third-order valence-corrected chi connectivity index (χ3v) is 6.44. The predicted molar refractivity (Wildman–Crippen MR) is 87.0 cm³/mol. The highest BCUT2D eigenvalue weighted by atomic mass is 79.9. The fourth-order valence-electron chi connectivity index (χ4n) is 2.53. The van der Waals surface area contributed by atoms with Gasteiger partial charge < -0.3 is 4.74 Å². The maximum atomic E-state index is 5.82. The van der Waals surface area contributed by atoms with Crippen molar-refractivity contribution in [3.8, 4) is 0 Å². The Morgan fingerprint density at radius 1 is 1.22 bits per heavy atom. The quantitative estimate of drug-likeness (QED) is 0.582. The van der Waals surface area contributed by atoms with Crippen molar-refractivity contribution in [2.24, 2.45) is 0 Å². The Hall–Kier alpha value is 0.620. The lowest BCUT2D eigenvalue weighted by Crippen LogP contribution is -2.35. The molecule has 0 radical (unpaired) electrons. The van der Waals surface area contributed by atoms with Crippen molar-refractivity contribution in [3.63, 3.8) is 0 Å². The van der Waals surface area contributed by atoms with Gasteiger partial charge >= 0.3 is 0 Å². The van der Waals surface area contributed by atoms with Crippen LogP contribution in [0.2, 0.25) is 0 Å². The maximum absolute atomic E-state index is 5.82. The summed E-state index contributed by atoms with van der Waals surface area (Å²) in [6.07, 6.45) is 3.84. The van der Waals surface area contributed by atoms with Crippen LogP contribution in [0, 0.1) is 0 Å². The standard InChI is InChI=1S/C14H17Br3O/c15-9-14(10-16,8-11-4-3-7-18-11)12-5-1-2-6-13(12)17/h1-2,5-6,11H,3-4,7-10H2. The molecular formula is C14H17Br3O. The second kappa shape index (κ2) is 6.87. The third-order valence-electron chi connectivity index (χ3n) is 3.60. The van der Waals surface area contributed by atoms with Crippen molar-refractivity contribution in [1.29, 1.82) is 0 Å². The Balaban J connectivity index is 2.27. The first-order valence-corrected chi connectivity index (χ1v) is 9.24. The van der Waals surface area contributed by atoms with Gasteiger partial charge in [0.15, 0.2) is 0 Å². The van der Waals surface area contributed by atoms with Crippen molar-refractivity contribution >= 4 is 47.8 Å². The number of rotatable bonds is 5. The summed E-state index contributed by atoms with van der Waals surface area (Å²) in [4.78, 5) is 0. The van der Waals surface area contributed by atoms with E-state index in [4.69, 9.17) is 4.74 Å². The first kappa shape index (κ1) is 15.0. The summed E-state index contributed by atoms with van der Waals surface area (Å²) >= 11 is 11.1. The van der Waals surface area contributed by atoms with Crippen molar-refractivity contribution in [2.75, 3.05) is 17.3 Å². The van der Waals surface area contributed by atoms with E-state index in [1.54, 1.807) is 0 Å². The molecule has 1 aliphatic rings. The number of hydrogen-bond acceptors (Lipinski definition) is 1. The normalized spacial score (nSPS) is 20.3. The summed E-state index contributed by atoms with van der Waals surface area (Å²) in [5, 5.41) is 1.88. The predicted octanol–water partition coefficient (Wildman–Crippen LogP) is 5.05. The van der Waals surface area contributed by atoms with Crippen LogP contribution in [0.3, 0.4) is 0 Å². The lowest BCUT2D eigenvalue weighted by Gasteiger charge is -2.33. The summed E-state index contributed by atoms with van der Waals surface area (Å²) in [6, 6.07) is 8.50. The summed E-state index contributed by atoms with van der Waals surface area (Å²) in [5.74, 6) is 0. The highest BCUT2D eigenvalue weighted by molar-refractivity contribution is 9.10. The van der Waals surface area contributed by atoms with Gasteiger partial charge in [0.25, 0.3) is 0 Å². The molecule has 1 atom stereocenters. The average Bonchev–Trinajstić information content (AvgIpc) is 2.90. The molecule has 0 saturated carbocycles. The first-order chi connectivity index (χ1) is 8.72. The number of alkyl halides is 2. The van der Waals surface area contributed by atoms with E-state index in [0.717, 1.165) is 23.7 Å². The van der Waals surface area contributed by atoms with Gasteiger partial charge in [0, 0.05) is 27.2 Å². The molecule has 2 rings (SSSR count). The Morgan fingerprint density at radius 2 is 1.94 bits per heavy atom. The van der Waals surface area contributed by atoms with Crippen molar-refractivity contribution in [1.82, 2.24) is 0 Å². The van der Waals surface area contributed by atoms with E-state index in [9.17, 15) is 0 Å². The van der Waals surface area contributed by atoms with Crippen LogP contribution in [0.4, 0.5) is 0 Å². The second-order valence-electron chi connectivity index (χ2n) is 4.87. The Kier molecular flexibility index (Phi) is 5.73. The lowest BCUT2D eigenvalue weighted by atomic mass is 9.79. The van der Waals surface area contributed by atoms with Crippen molar-refractivity contribution < 1.29 is 4.74 Å². The monoisotopic (exact) mass is 438 g/mol. The maximum Gasteiger partial charge on any atom is 0.0585 e. The van der Waals surface area contributed by atoms with E-state index in [1.807, 2.05) is 0 Å². The van der Waals surface area contributed by atoms with Gasteiger partial charge in [0.1, 0.15) is 0 Å². The van der Waals surface area contributed by atoms with Crippen LogP contribution in [-0.2, 0) is 10.2 Å². The molecular weight excluding hydrogens is 424 g/mol. The van der Waals surface area contributed by atoms with E-state index >= 15 is 0 Å². The molecule has 1 nitrogen and oxygen atoms in total. The molecule has 1 aliphatic heterocycles. The zero-order valence-corrected chi connectivity index (χ0v) is 14.9. The molecule has 0 N–H and O–H groups in total. The zero-order valence-electron chi connectivity index (χ0n) is 10.2. The molecule has 1 unspecified atom stereocenters. The molecule has 18 heavy (non-hydrogen) atoms. The number of ether oxygens (including phenoxy) is 1. The minimum Gasteiger partial charge on any atom is -0.378 e. The van der Waals surface area contributed by atoms with E-state index in [2.05, 4.69) is 72.1 Å². The van der Waals surface area contributed by atoms with Crippen LogP contribution in [-0.4, -0.2) is 23.4 Å². The summed E-state index contributed by atoms with van der Waals surface area (Å²) in [6.45, 7) is 0.918. The summed E-state index contributed by atoms with van der Waals surface area (Å²) < 4.78 is 7.00. The lowest BCUT2D eigenvalue weighted by molar-refractivity contribution is 0.0891. The molecule has 0 bridgehead atoms. The van der Waals surface area contributed by atoms with Gasteiger partial charge in [-0.3, -0.25) is 0 Å². The SMILES string of the molecule is BrCC(CBr)(CC1CCCO1)c1ccccc1Br. The van der Waals surface area contributed by atoms with E-state index in [1.165, 1.54) is 22.9 Å². The number of halogens is 3. The van der Waals surface area contributed by atoms with Crippen LogP contribution in [0.25, 0.3) is 0 Å². The smallest absolute Gasteiger partial charge is 0.0585 e. The first-order valence-electron chi connectivity index (χ1n) is 6.20. The largest absolute Gasteiger partial charge is 0.378 e. The van der Waals surface area contributed by atoms with Gasteiger partial charge in [-0.15, -0.1) is 0 Å². The molecule has 1 aromatic carbocycles. The number of benzene rings is 1. The summed E-state index contributed by atoms with van der Waals surface area (Å²) in [5.41, 5.74) is 1.45. The topological polar surface area (TPSA) is 9.23 Å². The molecule has 0 spiro atoms. The van der Waals surface area contributed by atoms with Gasteiger partial charge in [0.05, 0.1) is 6.10 Å². The molecule has 1 heterocycles. The van der Waals surface area contributed by atoms with Crippen LogP contribution in [0.15, 0.2) is 28.7 Å². The molecule has 4 heteroatoms. The number of hydrogen-bond donors (Lipinski definition) is 0. The molecule has 1 aromatic rings. The van der Waals surface area contributed by atoms with Crippen LogP contribution < -0.4 is 0 Å². The van der Waals surface area contributed by atoms with Crippen molar-refractivity contribution in [2.45, 2.75) is 30.8 Å². The third kappa shape index (κ3) is 3.20. The van der Waals surface area contributed by atoms with Gasteiger partial charge in [-0.25, -0.2) is 0 Å². The Morgan fingerprint density at radius 3 is 2.50 bits per heavy atom. The second-order valence-corrected chi connectivity index (χ2v) is 6.84. The fraction of sp³-hybridized carbons (Fsp3) is 0.571. The molecule has 0 amide bonds. The van der Waals surface area contributed by atoms with E-state index in [0.29, 0.717) is 6.10 Å². The molecule has 100 valence electrons. The molecule has 0 aromatic heterocycles. The average molecular weight is 441 g/mol. The van der Waals surface area contributed by atoms with E-state index in [-0.39, 0.29) is 5.41 Å². The molecule has 1 fully saturated rings. The molecule has 0 aliphatic carbocycles. The fourth-order valence-corrected chi connectivity index (χ4v) is 5.23. The van der Waals surface area contributed by atoms with Gasteiger partial charge in [-0.1, -0.05) is 66.0 Å². The minimum absolute atomic E-state index is 0.0924. The van der Waals surface area contributed by atoms with Crippen molar-refractivity contribution in [3.05, 3.63) is 34.3 Å². The van der Waals surface area contributed by atoms with E-state index < -0.39 is 0 Å². The van der Waals surface area contributed by atoms with Crippen LogP contribution in [0.1, 0.15) is 24.8 Å². The molecule has 1 saturated heterocycles. The van der Waals surface area contributed by atoms with Crippen LogP contribution in [0.5, 0.6) is 0 Å². The Labute approximate surface area is 134 Å². The Bertz CT molecular complexity index is 384. The van der Waals surface area contributed by atoms with Gasteiger partial charge in [-0.2, -0.15) is 0 Å². The summed E-state index contributed by atoms with van der Waals surface area (Å²) in [7, 11) is 0. The van der Waals surface area contributed by atoms with Gasteiger partial charge in [0.2, 0.25) is 0 Å². The van der Waals surface area contributed by atoms with Crippen LogP contribution >= 0.6 is 47.8 Å². The highest BCUT2D eigenvalue weighted by Gasteiger charge is 2.35.